The predicted molar refractivity (Wildman–Crippen MR) is 58.9 cm³/mol. The third kappa shape index (κ3) is 3.11. The van der Waals surface area contributed by atoms with E-state index < -0.39 is 5.91 Å². The van der Waals surface area contributed by atoms with E-state index >= 15 is 0 Å². The van der Waals surface area contributed by atoms with Crippen LogP contribution in [-0.2, 0) is 0 Å². The van der Waals surface area contributed by atoms with Gasteiger partial charge in [0.1, 0.15) is 5.75 Å². The van der Waals surface area contributed by atoms with Crippen LogP contribution in [0.15, 0.2) is 18.2 Å². The molecule has 0 aliphatic heterocycles. The summed E-state index contributed by atoms with van der Waals surface area (Å²) in [5.74, 6) is 5.18. The Bertz CT molecular complexity index is 366. The highest BCUT2D eigenvalue weighted by Crippen LogP contribution is 2.22. The Balaban J connectivity index is 3.00. The van der Waals surface area contributed by atoms with Crippen LogP contribution in [0.4, 0.5) is 0 Å². The fourth-order valence-electron chi connectivity index (χ4n) is 1.10. The molecule has 0 unspecified atom stereocenters. The van der Waals surface area contributed by atoms with E-state index in [0.29, 0.717) is 16.3 Å². The van der Waals surface area contributed by atoms with Crippen LogP contribution in [0.3, 0.4) is 0 Å². The molecule has 1 aromatic rings. The first-order chi connectivity index (χ1) is 7.04. The molecule has 5 heteroatoms. The largest absolute Gasteiger partial charge is 0.491 e. The van der Waals surface area contributed by atoms with Crippen molar-refractivity contribution in [1.29, 1.82) is 0 Å². The number of hydrogen-bond donors (Lipinski definition) is 2. The number of carbonyl (C=O) groups is 1. The maximum Gasteiger partial charge on any atom is 0.266 e. The van der Waals surface area contributed by atoms with Crippen LogP contribution in [0.1, 0.15) is 24.2 Å². The molecule has 0 saturated heterocycles. The Kier molecular flexibility index (Phi) is 3.94. The number of nitrogens with two attached hydrogens (primary N) is 1. The number of nitrogen functional groups attached to an aromatic ring is 1. The number of amides is 1. The van der Waals surface area contributed by atoms with Crippen molar-refractivity contribution in [1.82, 2.24) is 5.43 Å². The van der Waals surface area contributed by atoms with Crippen molar-refractivity contribution < 1.29 is 9.53 Å². The summed E-state index contributed by atoms with van der Waals surface area (Å²) in [6.07, 6.45) is 0.0416. The van der Waals surface area contributed by atoms with E-state index in [1.807, 2.05) is 19.3 Å². The Morgan fingerprint density at radius 1 is 1.53 bits per heavy atom. The maximum atomic E-state index is 11.3. The molecule has 0 fully saturated rings. The Hall–Kier alpha value is -1.26. The minimum atomic E-state index is -0.436. The lowest BCUT2D eigenvalue weighted by molar-refractivity contribution is 0.0953. The first kappa shape index (κ1) is 11.8. The number of benzene rings is 1. The quantitative estimate of drug-likeness (QED) is 0.471. The van der Waals surface area contributed by atoms with Gasteiger partial charge < -0.3 is 4.74 Å². The van der Waals surface area contributed by atoms with Crippen LogP contribution < -0.4 is 16.0 Å². The van der Waals surface area contributed by atoms with Gasteiger partial charge in [0.2, 0.25) is 0 Å². The zero-order valence-electron chi connectivity index (χ0n) is 8.58. The van der Waals surface area contributed by atoms with E-state index in [4.69, 9.17) is 22.2 Å². The zero-order valence-corrected chi connectivity index (χ0v) is 9.34. The molecule has 0 aromatic heterocycles. The predicted octanol–water partition coefficient (Wildman–Crippen LogP) is 1.73. The van der Waals surface area contributed by atoms with E-state index in [9.17, 15) is 4.79 Å². The summed E-state index contributed by atoms with van der Waals surface area (Å²) in [6, 6.07) is 4.87. The van der Waals surface area contributed by atoms with E-state index in [0.717, 1.165) is 0 Å². The van der Waals surface area contributed by atoms with Crippen LogP contribution in [0.5, 0.6) is 5.75 Å². The number of ether oxygens (including phenoxy) is 1. The molecule has 0 saturated carbocycles. The molecule has 15 heavy (non-hydrogen) atoms. The fraction of sp³-hybridized carbons (Fsp3) is 0.300. The number of halogens is 1. The SMILES string of the molecule is CC(C)Oc1ccc(Cl)c(C(=O)NN)c1. The highest BCUT2D eigenvalue weighted by atomic mass is 35.5. The van der Waals surface area contributed by atoms with Crippen LogP contribution in [0.2, 0.25) is 5.02 Å². The molecule has 0 aliphatic rings. The number of hydrazine groups is 1. The van der Waals surface area contributed by atoms with Crippen molar-refractivity contribution in [2.75, 3.05) is 0 Å². The molecule has 0 spiro atoms. The number of rotatable bonds is 3. The molecule has 1 rings (SSSR count). The van der Waals surface area contributed by atoms with E-state index in [1.54, 1.807) is 18.2 Å². The molecule has 1 amide bonds. The molecule has 0 heterocycles. The van der Waals surface area contributed by atoms with Gasteiger partial charge in [-0.3, -0.25) is 10.2 Å². The first-order valence-electron chi connectivity index (χ1n) is 4.51. The topological polar surface area (TPSA) is 64.3 Å². The molecular formula is C10H13ClN2O2. The van der Waals surface area contributed by atoms with Crippen LogP contribution in [0, 0.1) is 0 Å². The fourth-order valence-corrected chi connectivity index (χ4v) is 1.30. The van der Waals surface area contributed by atoms with Crippen molar-refractivity contribution >= 4 is 17.5 Å². The van der Waals surface area contributed by atoms with Gasteiger partial charge in [0.15, 0.2) is 0 Å². The standard InChI is InChI=1S/C10H13ClN2O2/c1-6(2)15-7-3-4-9(11)8(5-7)10(14)13-12/h3-6H,12H2,1-2H3,(H,13,14). The average Bonchev–Trinajstić information content (AvgIpc) is 2.19. The number of hydrogen-bond acceptors (Lipinski definition) is 3. The summed E-state index contributed by atoms with van der Waals surface area (Å²) >= 11 is 5.83. The van der Waals surface area contributed by atoms with Gasteiger partial charge in [-0.15, -0.1) is 0 Å². The first-order valence-corrected chi connectivity index (χ1v) is 4.89. The normalized spacial score (nSPS) is 10.2. The monoisotopic (exact) mass is 228 g/mol. The second-order valence-corrected chi connectivity index (χ2v) is 3.69. The molecule has 0 aliphatic carbocycles. The summed E-state index contributed by atoms with van der Waals surface area (Å²) < 4.78 is 5.43. The van der Waals surface area contributed by atoms with Crippen LogP contribution in [-0.4, -0.2) is 12.0 Å². The van der Waals surface area contributed by atoms with Gasteiger partial charge in [-0.05, 0) is 32.0 Å². The summed E-state index contributed by atoms with van der Waals surface area (Å²) in [4.78, 5) is 11.3. The van der Waals surface area contributed by atoms with Gasteiger partial charge >= 0.3 is 0 Å². The highest BCUT2D eigenvalue weighted by molar-refractivity contribution is 6.33. The minimum Gasteiger partial charge on any atom is -0.491 e. The summed E-state index contributed by atoms with van der Waals surface area (Å²) in [7, 11) is 0. The Morgan fingerprint density at radius 3 is 2.73 bits per heavy atom. The third-order valence-corrected chi connectivity index (χ3v) is 2.01. The summed E-state index contributed by atoms with van der Waals surface area (Å²) in [5.41, 5.74) is 2.33. The van der Waals surface area contributed by atoms with E-state index in [2.05, 4.69) is 0 Å². The van der Waals surface area contributed by atoms with Crippen molar-refractivity contribution in [3.05, 3.63) is 28.8 Å². The van der Waals surface area contributed by atoms with Crippen molar-refractivity contribution in [3.63, 3.8) is 0 Å². The van der Waals surface area contributed by atoms with Crippen molar-refractivity contribution in [2.45, 2.75) is 20.0 Å². The summed E-state index contributed by atoms with van der Waals surface area (Å²) in [6.45, 7) is 3.80. The van der Waals surface area contributed by atoms with Crippen molar-refractivity contribution in [3.8, 4) is 5.75 Å². The van der Waals surface area contributed by atoms with Crippen LogP contribution >= 0.6 is 11.6 Å². The average molecular weight is 229 g/mol. The van der Waals surface area contributed by atoms with Gasteiger partial charge in [-0.25, -0.2) is 5.84 Å². The smallest absolute Gasteiger partial charge is 0.266 e. The molecule has 0 atom stereocenters. The molecule has 82 valence electrons. The third-order valence-electron chi connectivity index (χ3n) is 1.69. The van der Waals surface area contributed by atoms with Gasteiger partial charge in [-0.1, -0.05) is 11.6 Å². The maximum absolute atomic E-state index is 11.3. The van der Waals surface area contributed by atoms with E-state index in [-0.39, 0.29) is 6.10 Å². The van der Waals surface area contributed by atoms with Crippen LogP contribution in [0.25, 0.3) is 0 Å². The lowest BCUT2D eigenvalue weighted by Crippen LogP contribution is -2.30. The highest BCUT2D eigenvalue weighted by Gasteiger charge is 2.10. The minimum absolute atomic E-state index is 0.0416. The Morgan fingerprint density at radius 2 is 2.20 bits per heavy atom. The molecule has 1 aromatic carbocycles. The molecule has 0 bridgehead atoms. The summed E-state index contributed by atoms with van der Waals surface area (Å²) in [5, 5.41) is 0.342. The van der Waals surface area contributed by atoms with Gasteiger partial charge in [0.05, 0.1) is 16.7 Å². The molecule has 4 nitrogen and oxygen atoms in total. The second kappa shape index (κ2) is 5.00. The lowest BCUT2D eigenvalue weighted by atomic mass is 10.2. The van der Waals surface area contributed by atoms with Crippen molar-refractivity contribution in [2.24, 2.45) is 5.84 Å². The van der Waals surface area contributed by atoms with E-state index in [1.165, 1.54) is 0 Å². The lowest BCUT2D eigenvalue weighted by Gasteiger charge is -2.11. The van der Waals surface area contributed by atoms with Gasteiger partial charge in [-0.2, -0.15) is 0 Å². The van der Waals surface area contributed by atoms with Gasteiger partial charge in [0.25, 0.3) is 5.91 Å². The second-order valence-electron chi connectivity index (χ2n) is 3.28. The van der Waals surface area contributed by atoms with Gasteiger partial charge in [0, 0.05) is 0 Å². The molecular weight excluding hydrogens is 216 g/mol. The molecule has 3 N–H and O–H groups in total. The molecule has 0 radical (unpaired) electrons. The number of nitrogens with one attached hydrogen (secondary N) is 1. The Labute approximate surface area is 93.3 Å². The zero-order chi connectivity index (χ0) is 11.4. The number of carbonyl (C=O) groups excluding carboxylic acids is 1.